The quantitative estimate of drug-likeness (QED) is 0.0200. The van der Waals surface area contributed by atoms with Crippen molar-refractivity contribution in [2.24, 2.45) is 11.1 Å². The zero-order valence-electron chi connectivity index (χ0n) is 45.9. The number of nitrogens with one attached hydrogen (secondary N) is 2. The number of hydrogen-bond donors (Lipinski definition) is 4. The van der Waals surface area contributed by atoms with E-state index < -0.39 is 67.0 Å². The Morgan fingerprint density at radius 3 is 1.94 bits per heavy atom. The summed E-state index contributed by atoms with van der Waals surface area (Å²) < 4.78 is 97.2. The van der Waals surface area contributed by atoms with Crippen LogP contribution in [0.3, 0.4) is 0 Å². The highest BCUT2D eigenvalue weighted by Crippen LogP contribution is 2.41. The van der Waals surface area contributed by atoms with Gasteiger partial charge < -0.3 is 59.4 Å². The lowest BCUT2D eigenvalue weighted by atomic mass is 9.83. The summed E-state index contributed by atoms with van der Waals surface area (Å²) in [6.07, 6.45) is -3.28. The highest BCUT2D eigenvalue weighted by atomic mass is 32.2. The molecule has 0 saturated heterocycles. The summed E-state index contributed by atoms with van der Waals surface area (Å²) in [6.45, 7) is 20.6. The van der Waals surface area contributed by atoms with Gasteiger partial charge >= 0.3 is 24.2 Å². The van der Waals surface area contributed by atoms with Crippen LogP contribution in [0.25, 0.3) is 11.1 Å². The van der Waals surface area contributed by atoms with Crippen molar-refractivity contribution in [2.75, 3.05) is 90.6 Å². The molecule has 3 rings (SSSR count). The minimum atomic E-state index is -4.90. The number of alkyl halides is 3. The van der Waals surface area contributed by atoms with E-state index in [0.29, 0.717) is 64.8 Å². The normalized spacial score (nSPS) is 12.7. The van der Waals surface area contributed by atoms with E-state index in [2.05, 4.69) is 35.0 Å². The van der Waals surface area contributed by atoms with Crippen LogP contribution in [0.1, 0.15) is 71.7 Å². The van der Waals surface area contributed by atoms with Crippen molar-refractivity contribution in [1.82, 2.24) is 20.1 Å². The first-order valence-electron chi connectivity index (χ1n) is 25.3. The van der Waals surface area contributed by atoms with Gasteiger partial charge in [0.2, 0.25) is 11.8 Å². The lowest BCUT2D eigenvalue weighted by Gasteiger charge is -2.41. The van der Waals surface area contributed by atoms with Gasteiger partial charge in [-0.25, -0.2) is 18.4 Å². The number of nitrogens with two attached hydrogens (primary N) is 1. The van der Waals surface area contributed by atoms with Gasteiger partial charge in [-0.15, -0.1) is 11.8 Å². The van der Waals surface area contributed by atoms with Gasteiger partial charge in [-0.2, -0.15) is 13.2 Å². The molecule has 0 spiro atoms. The zero-order chi connectivity index (χ0) is 57.8. The summed E-state index contributed by atoms with van der Waals surface area (Å²) in [5.41, 5.74) is 6.84. The van der Waals surface area contributed by atoms with Crippen LogP contribution in [0.15, 0.2) is 60.8 Å². The second kappa shape index (κ2) is 34.0. The van der Waals surface area contributed by atoms with Crippen LogP contribution in [0.4, 0.5) is 26.7 Å². The first-order chi connectivity index (χ1) is 36.0. The average Bonchev–Trinajstić information content (AvgIpc) is 3.72. The van der Waals surface area contributed by atoms with Crippen molar-refractivity contribution >= 4 is 49.7 Å². The van der Waals surface area contributed by atoms with Crippen molar-refractivity contribution in [2.45, 2.75) is 110 Å². The number of carbonyl (C=O) groups excluding carboxylic acids is 4. The van der Waals surface area contributed by atoms with E-state index in [1.54, 1.807) is 11.1 Å². The largest absolute Gasteiger partial charge is 0.490 e. The molecule has 0 saturated carbocycles. The maximum absolute atomic E-state index is 15.3. The maximum atomic E-state index is 15.3. The summed E-state index contributed by atoms with van der Waals surface area (Å²) in [7, 11) is -1.40. The number of amides is 3. The molecule has 3 amide bonds. The Balaban J connectivity index is 0.00000165. The van der Waals surface area contributed by atoms with Crippen LogP contribution < -0.4 is 16.4 Å². The number of carboxylic acid groups (broad SMARTS) is 1. The van der Waals surface area contributed by atoms with Crippen LogP contribution in [0.5, 0.6) is 0 Å². The third-order valence-electron chi connectivity index (χ3n) is 10.6. The minimum absolute atomic E-state index is 0.000774. The molecule has 3 aromatic rings. The van der Waals surface area contributed by atoms with Crippen molar-refractivity contribution in [3.05, 3.63) is 83.7 Å². The molecular formula is C53H80F5N5O12SSi. The van der Waals surface area contributed by atoms with Crippen LogP contribution in [-0.2, 0) is 54.1 Å². The van der Waals surface area contributed by atoms with E-state index in [-0.39, 0.29) is 68.2 Å². The van der Waals surface area contributed by atoms with Gasteiger partial charge in [0.25, 0.3) is 0 Å². The standard InChI is InChI=1S/C47H71F2N5O10SSi.C6H9F3O2/c1-47(2,3)44(41-29-36(38-30-37(48)13-14-39(38)49)32-53(41)31-35-11-8-7-9-12-35)54(18-10-16-52-46(59)64-27-28-66(4,5)6)42(55)34-65-33-40(50)45(58)51-17-20-61-22-24-63-26-25-62-23-21-60-19-15-43(56)57;1-5(2,3)11-4(10)6(7,8)9/h7-9,11-14,29-30,32,40,44H,10,15-28,31,33-34,50H2,1-6H3,(H,51,58)(H,52,59)(H,56,57);1-3H3/t40-,44-;/m0./s1. The number of esters is 1. The van der Waals surface area contributed by atoms with Crippen LogP contribution in [0.2, 0.25) is 25.7 Å². The topological polar surface area (TPSA) is 219 Å². The Morgan fingerprint density at radius 2 is 1.39 bits per heavy atom. The van der Waals surface area contributed by atoms with Crippen LogP contribution >= 0.6 is 11.8 Å². The molecular weight excluding hydrogens is 1050 g/mol. The van der Waals surface area contributed by atoms with E-state index in [4.69, 9.17) is 34.5 Å². The SMILES string of the molecule is CC(C)(C)OC(=O)C(F)(F)F.CC(C)(C)[C@H](c1cc(-c2cc(F)ccc2F)cn1Cc1ccccc1)N(CCCNC(=O)OCC[Si](C)(C)C)C(=O)CSC[C@H](N)C(=O)NCCOCCOCCOCCOCCC(=O)O. The second-order valence-electron chi connectivity index (χ2n) is 21.0. The molecule has 0 bridgehead atoms. The van der Waals surface area contributed by atoms with Gasteiger partial charge in [-0.3, -0.25) is 14.4 Å². The van der Waals surface area contributed by atoms with E-state index in [1.807, 2.05) is 61.7 Å². The summed E-state index contributed by atoms with van der Waals surface area (Å²) in [5, 5.41) is 14.2. The fourth-order valence-electron chi connectivity index (χ4n) is 7.02. The third-order valence-corrected chi connectivity index (χ3v) is 13.4. The zero-order valence-corrected chi connectivity index (χ0v) is 47.7. The summed E-state index contributed by atoms with van der Waals surface area (Å²) in [6, 6.07) is 14.3. The smallest absolute Gasteiger partial charge is 0.481 e. The van der Waals surface area contributed by atoms with Crippen molar-refractivity contribution in [3.63, 3.8) is 0 Å². The van der Waals surface area contributed by atoms with Crippen LogP contribution in [0, 0.1) is 17.0 Å². The number of rotatable bonds is 32. The molecule has 0 unspecified atom stereocenters. The number of hydrogen-bond acceptors (Lipinski definition) is 13. The molecule has 5 N–H and O–H groups in total. The van der Waals surface area contributed by atoms with Gasteiger partial charge in [0.05, 0.1) is 83.7 Å². The average molecular weight is 1130 g/mol. The number of carbonyl (C=O) groups is 5. The Bertz CT molecular complexity index is 2260. The molecule has 24 heteroatoms. The number of aliphatic carboxylic acids is 1. The number of aromatic nitrogens is 1. The van der Waals surface area contributed by atoms with Gasteiger partial charge in [0.15, 0.2) is 0 Å². The molecule has 0 radical (unpaired) electrons. The molecule has 434 valence electrons. The fraction of sp³-hybridized carbons (Fsp3) is 0.604. The van der Waals surface area contributed by atoms with Gasteiger partial charge in [-0.05, 0) is 68.5 Å². The van der Waals surface area contributed by atoms with Gasteiger partial charge in [0, 0.05) is 63.0 Å². The number of nitrogens with zero attached hydrogens (tertiary/aromatic N) is 2. The Labute approximate surface area is 454 Å². The number of benzene rings is 2. The molecule has 2 atom stereocenters. The third kappa shape index (κ3) is 29.4. The monoisotopic (exact) mass is 1130 g/mol. The summed E-state index contributed by atoms with van der Waals surface area (Å²) in [5.74, 6) is -4.66. The molecule has 2 aromatic carbocycles. The van der Waals surface area contributed by atoms with Gasteiger partial charge in [0.1, 0.15) is 17.2 Å². The molecule has 1 heterocycles. The Kier molecular flexibility index (Phi) is 30.0. The van der Waals surface area contributed by atoms with E-state index in [0.717, 1.165) is 29.4 Å². The fourth-order valence-corrected chi connectivity index (χ4v) is 8.59. The first-order valence-corrected chi connectivity index (χ1v) is 30.2. The van der Waals surface area contributed by atoms with E-state index >= 15 is 4.39 Å². The highest BCUT2D eigenvalue weighted by molar-refractivity contribution is 8.00. The van der Waals surface area contributed by atoms with Crippen molar-refractivity contribution in [3.8, 4) is 11.1 Å². The Morgan fingerprint density at radius 1 is 0.792 bits per heavy atom. The molecule has 77 heavy (non-hydrogen) atoms. The summed E-state index contributed by atoms with van der Waals surface area (Å²) in [4.78, 5) is 62.3. The molecule has 0 aliphatic rings. The lowest BCUT2D eigenvalue weighted by Crippen LogP contribution is -2.45. The number of ether oxygens (including phenoxy) is 6. The maximum Gasteiger partial charge on any atom is 0.490 e. The highest BCUT2D eigenvalue weighted by Gasteiger charge is 2.43. The van der Waals surface area contributed by atoms with Crippen molar-refractivity contribution in [1.29, 1.82) is 0 Å². The van der Waals surface area contributed by atoms with E-state index in [1.165, 1.54) is 38.6 Å². The molecule has 17 nitrogen and oxygen atoms in total. The molecule has 1 aromatic heterocycles. The number of halogens is 5. The molecule has 0 aliphatic heterocycles. The first kappa shape index (κ1) is 68.0. The number of carboxylic acids is 1. The molecule has 0 fully saturated rings. The second-order valence-corrected chi connectivity index (χ2v) is 27.6. The van der Waals surface area contributed by atoms with E-state index in [9.17, 15) is 41.5 Å². The number of alkyl carbamates (subject to hydrolysis) is 1. The minimum Gasteiger partial charge on any atom is -0.481 e. The van der Waals surface area contributed by atoms with Crippen LogP contribution in [-0.4, -0.2) is 161 Å². The number of thioether (sulfide) groups is 1. The Hall–Kier alpha value is -5.11. The van der Waals surface area contributed by atoms with Gasteiger partial charge in [-0.1, -0.05) is 70.7 Å². The predicted octanol–water partition coefficient (Wildman–Crippen LogP) is 8.46. The predicted molar refractivity (Wildman–Crippen MR) is 287 cm³/mol. The summed E-state index contributed by atoms with van der Waals surface area (Å²) >= 11 is 1.23. The lowest BCUT2D eigenvalue weighted by molar-refractivity contribution is -0.210. The molecule has 0 aliphatic carbocycles. The van der Waals surface area contributed by atoms with Crippen molar-refractivity contribution < 1.29 is 79.5 Å².